The van der Waals surface area contributed by atoms with Crippen LogP contribution in [0.25, 0.3) is 5.69 Å². The number of imidazole rings is 1. The zero-order valence-corrected chi connectivity index (χ0v) is 8.65. The molecule has 2 heterocycles. The number of rotatable bonds is 2. The maximum atomic E-state index is 12.3. The van der Waals surface area contributed by atoms with Crippen LogP contribution in [-0.2, 0) is 12.7 Å². The monoisotopic (exact) mass is 242 g/mol. The lowest BCUT2D eigenvalue weighted by atomic mass is 10.3. The summed E-state index contributed by atoms with van der Waals surface area (Å²) in [7, 11) is 0. The Morgan fingerprint density at radius 2 is 2.00 bits per heavy atom. The lowest BCUT2D eigenvalue weighted by Crippen LogP contribution is -2.09. The molecule has 0 aromatic carbocycles. The van der Waals surface area contributed by atoms with E-state index in [1.54, 1.807) is 10.8 Å². The highest BCUT2D eigenvalue weighted by Crippen LogP contribution is 2.27. The molecule has 0 fully saturated rings. The van der Waals surface area contributed by atoms with Crippen LogP contribution >= 0.6 is 0 Å². The van der Waals surface area contributed by atoms with E-state index in [1.165, 1.54) is 12.4 Å². The quantitative estimate of drug-likeness (QED) is 0.872. The van der Waals surface area contributed by atoms with Gasteiger partial charge in [0, 0.05) is 12.7 Å². The maximum Gasteiger partial charge on any atom is 0.433 e. The zero-order valence-electron chi connectivity index (χ0n) is 8.65. The fourth-order valence-electron chi connectivity index (χ4n) is 1.40. The van der Waals surface area contributed by atoms with Crippen molar-refractivity contribution in [3.05, 3.63) is 42.2 Å². The van der Waals surface area contributed by atoms with Gasteiger partial charge in [0.25, 0.3) is 0 Å². The van der Waals surface area contributed by atoms with Crippen LogP contribution in [0.15, 0.2) is 30.9 Å². The number of aromatic nitrogens is 3. The van der Waals surface area contributed by atoms with Crippen molar-refractivity contribution in [2.45, 2.75) is 12.7 Å². The summed E-state index contributed by atoms with van der Waals surface area (Å²) >= 11 is 0. The van der Waals surface area contributed by atoms with E-state index in [-0.39, 0.29) is 6.54 Å². The van der Waals surface area contributed by atoms with Crippen LogP contribution in [-0.4, -0.2) is 14.5 Å². The fraction of sp³-hybridized carbons (Fsp3) is 0.200. The Bertz CT molecular complexity index is 501. The van der Waals surface area contributed by atoms with Gasteiger partial charge in [0.2, 0.25) is 0 Å². The summed E-state index contributed by atoms with van der Waals surface area (Å²) in [4.78, 5) is 7.24. The predicted molar refractivity (Wildman–Crippen MR) is 54.3 cm³/mol. The summed E-state index contributed by atoms with van der Waals surface area (Å²) in [6, 6.07) is 2.26. The summed E-state index contributed by atoms with van der Waals surface area (Å²) in [5.41, 5.74) is 5.75. The van der Waals surface area contributed by atoms with Gasteiger partial charge in [-0.2, -0.15) is 13.2 Å². The van der Waals surface area contributed by atoms with Gasteiger partial charge >= 0.3 is 6.18 Å². The summed E-state index contributed by atoms with van der Waals surface area (Å²) in [5.74, 6) is 0. The van der Waals surface area contributed by atoms with Crippen LogP contribution < -0.4 is 5.73 Å². The molecule has 4 nitrogen and oxygen atoms in total. The first-order valence-corrected chi connectivity index (χ1v) is 4.77. The topological polar surface area (TPSA) is 56.7 Å². The number of hydrogen-bond acceptors (Lipinski definition) is 3. The number of nitrogens with zero attached hydrogens (tertiary/aromatic N) is 3. The number of pyridine rings is 1. The predicted octanol–water partition coefficient (Wildman–Crippen LogP) is 1.74. The van der Waals surface area contributed by atoms with Crippen LogP contribution in [0.5, 0.6) is 0 Å². The van der Waals surface area contributed by atoms with E-state index in [2.05, 4.69) is 9.97 Å². The summed E-state index contributed by atoms with van der Waals surface area (Å²) in [5, 5.41) is 0. The molecule has 0 unspecified atom stereocenters. The van der Waals surface area contributed by atoms with Gasteiger partial charge in [-0.1, -0.05) is 0 Å². The molecule has 0 aliphatic rings. The number of halogens is 3. The average Bonchev–Trinajstić information content (AvgIpc) is 2.76. The van der Waals surface area contributed by atoms with Crippen molar-refractivity contribution in [2.24, 2.45) is 5.73 Å². The Balaban J connectivity index is 2.36. The molecule has 0 amide bonds. The Labute approximate surface area is 94.9 Å². The van der Waals surface area contributed by atoms with Crippen molar-refractivity contribution in [1.82, 2.24) is 14.5 Å². The molecule has 0 radical (unpaired) electrons. The Kier molecular flexibility index (Phi) is 2.84. The second kappa shape index (κ2) is 4.17. The van der Waals surface area contributed by atoms with E-state index in [0.29, 0.717) is 11.4 Å². The molecule has 0 aliphatic carbocycles. The summed E-state index contributed by atoms with van der Waals surface area (Å²) < 4.78 is 38.5. The zero-order chi connectivity index (χ0) is 12.5. The third-order valence-electron chi connectivity index (χ3n) is 2.24. The minimum Gasteiger partial charge on any atom is -0.325 e. The maximum absolute atomic E-state index is 12.3. The van der Waals surface area contributed by atoms with Gasteiger partial charge in [-0.15, -0.1) is 0 Å². The molecule has 2 aromatic heterocycles. The van der Waals surface area contributed by atoms with Crippen molar-refractivity contribution >= 4 is 0 Å². The Hall–Kier alpha value is -1.89. The third-order valence-corrected chi connectivity index (χ3v) is 2.24. The van der Waals surface area contributed by atoms with Crippen molar-refractivity contribution in [1.29, 1.82) is 0 Å². The molecular weight excluding hydrogens is 233 g/mol. The molecular formula is C10H9F3N4. The molecule has 0 spiro atoms. The minimum absolute atomic E-state index is 0.251. The van der Waals surface area contributed by atoms with Crippen LogP contribution in [0, 0.1) is 0 Å². The van der Waals surface area contributed by atoms with E-state index in [0.717, 1.165) is 12.3 Å². The average molecular weight is 242 g/mol. The Morgan fingerprint density at radius 1 is 1.24 bits per heavy atom. The van der Waals surface area contributed by atoms with Crippen molar-refractivity contribution in [3.8, 4) is 5.69 Å². The molecule has 0 aliphatic heterocycles. The van der Waals surface area contributed by atoms with Crippen LogP contribution in [0.3, 0.4) is 0 Å². The molecule has 0 saturated heterocycles. The molecule has 17 heavy (non-hydrogen) atoms. The van der Waals surface area contributed by atoms with Gasteiger partial charge in [-0.05, 0) is 12.1 Å². The first-order chi connectivity index (χ1) is 8.02. The lowest BCUT2D eigenvalue weighted by Gasteiger charge is -2.08. The molecule has 0 atom stereocenters. The molecule has 2 N–H and O–H groups in total. The highest BCUT2D eigenvalue weighted by molar-refractivity contribution is 5.32. The number of hydrogen-bond donors (Lipinski definition) is 1. The van der Waals surface area contributed by atoms with E-state index < -0.39 is 11.9 Å². The molecule has 2 rings (SSSR count). The van der Waals surface area contributed by atoms with Crippen LogP contribution in [0.1, 0.15) is 11.4 Å². The molecule has 0 bridgehead atoms. The largest absolute Gasteiger partial charge is 0.433 e. The first-order valence-electron chi connectivity index (χ1n) is 4.77. The molecule has 90 valence electrons. The van der Waals surface area contributed by atoms with Gasteiger partial charge in [0.1, 0.15) is 5.69 Å². The van der Waals surface area contributed by atoms with Crippen molar-refractivity contribution < 1.29 is 13.2 Å². The third kappa shape index (κ3) is 2.28. The lowest BCUT2D eigenvalue weighted by molar-refractivity contribution is -0.141. The summed E-state index contributed by atoms with van der Waals surface area (Å²) in [6.07, 6.45) is -0.252. The van der Waals surface area contributed by atoms with Gasteiger partial charge in [-0.25, -0.2) is 9.97 Å². The first kappa shape index (κ1) is 11.6. The highest BCUT2D eigenvalue weighted by atomic mass is 19.4. The van der Waals surface area contributed by atoms with Gasteiger partial charge in [0.05, 0.1) is 23.9 Å². The van der Waals surface area contributed by atoms with Crippen LogP contribution in [0.2, 0.25) is 0 Å². The van der Waals surface area contributed by atoms with Gasteiger partial charge < -0.3 is 10.3 Å². The molecule has 2 aromatic rings. The second-order valence-electron chi connectivity index (χ2n) is 3.36. The molecule has 7 heteroatoms. The Morgan fingerprint density at radius 3 is 2.53 bits per heavy atom. The summed E-state index contributed by atoms with van der Waals surface area (Å²) in [6.45, 7) is 0.251. The SMILES string of the molecule is NCc1cncn1-c1ccc(C(F)(F)F)nc1. The van der Waals surface area contributed by atoms with Gasteiger partial charge in [0.15, 0.2) is 0 Å². The van der Waals surface area contributed by atoms with E-state index in [9.17, 15) is 13.2 Å². The van der Waals surface area contributed by atoms with E-state index >= 15 is 0 Å². The molecule has 0 saturated carbocycles. The van der Waals surface area contributed by atoms with E-state index in [4.69, 9.17) is 5.73 Å². The number of alkyl halides is 3. The smallest absolute Gasteiger partial charge is 0.325 e. The van der Waals surface area contributed by atoms with E-state index in [1.807, 2.05) is 0 Å². The minimum atomic E-state index is -4.43. The fourth-order valence-corrected chi connectivity index (χ4v) is 1.40. The van der Waals surface area contributed by atoms with Crippen molar-refractivity contribution in [3.63, 3.8) is 0 Å². The van der Waals surface area contributed by atoms with Crippen molar-refractivity contribution in [2.75, 3.05) is 0 Å². The van der Waals surface area contributed by atoms with Crippen LogP contribution in [0.4, 0.5) is 13.2 Å². The van der Waals surface area contributed by atoms with Gasteiger partial charge in [-0.3, -0.25) is 0 Å². The highest BCUT2D eigenvalue weighted by Gasteiger charge is 2.32. The number of nitrogens with two attached hydrogens (primary N) is 1. The second-order valence-corrected chi connectivity index (χ2v) is 3.36. The normalized spacial score (nSPS) is 11.8. The standard InChI is InChI=1S/C10H9F3N4/c11-10(12,13)9-2-1-7(5-16-9)17-6-15-4-8(17)3-14/h1-2,4-6H,3,14H2.